The van der Waals surface area contributed by atoms with Gasteiger partial charge in [0.2, 0.25) is 5.91 Å². The second kappa shape index (κ2) is 7.97. The molecule has 0 bridgehead atoms. The number of piperidine rings is 1. The molecule has 0 aliphatic carbocycles. The fourth-order valence-corrected chi connectivity index (χ4v) is 3.05. The minimum absolute atomic E-state index is 0.196. The van der Waals surface area contributed by atoms with Gasteiger partial charge in [0.1, 0.15) is 11.5 Å². The summed E-state index contributed by atoms with van der Waals surface area (Å²) in [6.45, 7) is 1.68. The van der Waals surface area contributed by atoms with Crippen molar-refractivity contribution in [2.45, 2.75) is 25.3 Å². The van der Waals surface area contributed by atoms with Gasteiger partial charge in [-0.05, 0) is 49.7 Å². The van der Waals surface area contributed by atoms with Crippen molar-refractivity contribution in [2.75, 3.05) is 20.1 Å². The second-order valence-electron chi connectivity index (χ2n) is 6.18. The summed E-state index contributed by atoms with van der Waals surface area (Å²) in [7, 11) is 1.99. The third-order valence-electron chi connectivity index (χ3n) is 4.49. The summed E-state index contributed by atoms with van der Waals surface area (Å²) in [4.78, 5) is 14.5. The Kier molecular flexibility index (Phi) is 5.49. The highest BCUT2D eigenvalue weighted by molar-refractivity contribution is 5.79. The lowest BCUT2D eigenvalue weighted by Gasteiger charge is -2.31. The molecule has 0 atom stereocenters. The molecule has 1 saturated heterocycles. The van der Waals surface area contributed by atoms with Gasteiger partial charge in [-0.15, -0.1) is 0 Å². The van der Waals surface area contributed by atoms with Gasteiger partial charge in [0, 0.05) is 19.1 Å². The number of ether oxygens (including phenoxy) is 1. The molecule has 1 amide bonds. The SMILES string of the molecule is CNC1CCN(C(=O)Cc2cccc(Oc3ccccc3)c2)CC1. The number of nitrogens with zero attached hydrogens (tertiary/aromatic N) is 1. The monoisotopic (exact) mass is 324 g/mol. The molecule has 1 aliphatic heterocycles. The molecule has 0 unspecified atom stereocenters. The number of para-hydroxylation sites is 1. The molecule has 1 fully saturated rings. The van der Waals surface area contributed by atoms with Crippen LogP contribution in [0.4, 0.5) is 0 Å². The fraction of sp³-hybridized carbons (Fsp3) is 0.350. The number of likely N-dealkylation sites (tertiary alicyclic amines) is 1. The van der Waals surface area contributed by atoms with Crippen molar-refractivity contribution in [3.8, 4) is 11.5 Å². The Morgan fingerprint density at radius 2 is 1.79 bits per heavy atom. The van der Waals surface area contributed by atoms with Crippen LogP contribution in [0.5, 0.6) is 11.5 Å². The van der Waals surface area contributed by atoms with Crippen LogP contribution in [0.2, 0.25) is 0 Å². The van der Waals surface area contributed by atoms with Crippen LogP contribution < -0.4 is 10.1 Å². The quantitative estimate of drug-likeness (QED) is 0.918. The lowest BCUT2D eigenvalue weighted by molar-refractivity contribution is -0.131. The van der Waals surface area contributed by atoms with Gasteiger partial charge in [0.25, 0.3) is 0 Å². The van der Waals surface area contributed by atoms with E-state index in [-0.39, 0.29) is 5.91 Å². The van der Waals surface area contributed by atoms with Crippen LogP contribution in [-0.4, -0.2) is 37.0 Å². The van der Waals surface area contributed by atoms with E-state index < -0.39 is 0 Å². The van der Waals surface area contributed by atoms with E-state index in [0.29, 0.717) is 12.5 Å². The maximum absolute atomic E-state index is 12.5. The van der Waals surface area contributed by atoms with Crippen LogP contribution in [0.25, 0.3) is 0 Å². The Morgan fingerprint density at radius 3 is 2.50 bits per heavy atom. The predicted molar refractivity (Wildman–Crippen MR) is 95.3 cm³/mol. The molecule has 24 heavy (non-hydrogen) atoms. The normalized spacial score (nSPS) is 15.3. The van der Waals surface area contributed by atoms with E-state index in [1.807, 2.05) is 66.5 Å². The van der Waals surface area contributed by atoms with Crippen LogP contribution in [0.3, 0.4) is 0 Å². The summed E-state index contributed by atoms with van der Waals surface area (Å²) in [6.07, 6.45) is 2.48. The number of hydrogen-bond acceptors (Lipinski definition) is 3. The van der Waals surface area contributed by atoms with Gasteiger partial charge in [-0.25, -0.2) is 0 Å². The largest absolute Gasteiger partial charge is 0.457 e. The molecule has 4 heteroatoms. The van der Waals surface area contributed by atoms with Crippen molar-refractivity contribution in [1.29, 1.82) is 0 Å². The van der Waals surface area contributed by atoms with Gasteiger partial charge < -0.3 is 15.0 Å². The number of nitrogens with one attached hydrogen (secondary N) is 1. The predicted octanol–water partition coefficient (Wildman–Crippen LogP) is 3.23. The van der Waals surface area contributed by atoms with Crippen molar-refractivity contribution < 1.29 is 9.53 Å². The van der Waals surface area contributed by atoms with Gasteiger partial charge in [-0.1, -0.05) is 30.3 Å². The summed E-state index contributed by atoms with van der Waals surface area (Å²) in [5.41, 5.74) is 0.990. The zero-order chi connectivity index (χ0) is 16.8. The van der Waals surface area contributed by atoms with Crippen molar-refractivity contribution in [3.05, 3.63) is 60.2 Å². The van der Waals surface area contributed by atoms with E-state index in [9.17, 15) is 4.79 Å². The minimum atomic E-state index is 0.196. The Bertz CT molecular complexity index is 664. The maximum Gasteiger partial charge on any atom is 0.226 e. The van der Waals surface area contributed by atoms with E-state index in [0.717, 1.165) is 43.0 Å². The van der Waals surface area contributed by atoms with Gasteiger partial charge in [0.15, 0.2) is 0 Å². The lowest BCUT2D eigenvalue weighted by atomic mass is 10.0. The van der Waals surface area contributed by atoms with E-state index in [2.05, 4.69) is 5.32 Å². The maximum atomic E-state index is 12.5. The molecule has 1 N–H and O–H groups in total. The highest BCUT2D eigenvalue weighted by Gasteiger charge is 2.21. The zero-order valence-corrected chi connectivity index (χ0v) is 14.1. The number of rotatable bonds is 5. The molecule has 126 valence electrons. The van der Waals surface area contributed by atoms with E-state index in [1.54, 1.807) is 0 Å². The molecule has 0 radical (unpaired) electrons. The molecular weight excluding hydrogens is 300 g/mol. The van der Waals surface area contributed by atoms with E-state index in [1.165, 1.54) is 0 Å². The highest BCUT2D eigenvalue weighted by Crippen LogP contribution is 2.22. The molecular formula is C20H24N2O2. The Balaban J connectivity index is 1.59. The van der Waals surface area contributed by atoms with Crippen molar-refractivity contribution >= 4 is 5.91 Å². The molecule has 2 aromatic rings. The first kappa shape index (κ1) is 16.5. The van der Waals surface area contributed by atoms with Gasteiger partial charge in [-0.3, -0.25) is 4.79 Å². The first-order chi connectivity index (χ1) is 11.7. The third kappa shape index (κ3) is 4.36. The summed E-state index contributed by atoms with van der Waals surface area (Å²) in [5.74, 6) is 1.76. The number of carbonyl (C=O) groups excluding carboxylic acids is 1. The van der Waals surface area contributed by atoms with Gasteiger partial charge in [0.05, 0.1) is 6.42 Å². The third-order valence-corrected chi connectivity index (χ3v) is 4.49. The molecule has 0 saturated carbocycles. The standard InChI is InChI=1S/C20H24N2O2/c1-21-17-10-12-22(13-11-17)20(23)15-16-6-5-9-19(14-16)24-18-7-3-2-4-8-18/h2-9,14,17,21H,10-13,15H2,1H3. The number of benzene rings is 2. The first-order valence-corrected chi connectivity index (χ1v) is 8.51. The molecule has 3 rings (SSSR count). The average Bonchev–Trinajstić information content (AvgIpc) is 2.63. The zero-order valence-electron chi connectivity index (χ0n) is 14.1. The topological polar surface area (TPSA) is 41.6 Å². The van der Waals surface area contributed by atoms with E-state index >= 15 is 0 Å². The Morgan fingerprint density at radius 1 is 1.08 bits per heavy atom. The van der Waals surface area contributed by atoms with Crippen LogP contribution in [-0.2, 0) is 11.2 Å². The van der Waals surface area contributed by atoms with Gasteiger partial charge >= 0.3 is 0 Å². The smallest absolute Gasteiger partial charge is 0.226 e. The number of hydrogen-bond donors (Lipinski definition) is 1. The van der Waals surface area contributed by atoms with Crippen molar-refractivity contribution in [1.82, 2.24) is 10.2 Å². The molecule has 1 aliphatic rings. The Hall–Kier alpha value is -2.33. The Labute approximate surface area is 143 Å². The average molecular weight is 324 g/mol. The molecule has 4 nitrogen and oxygen atoms in total. The van der Waals surface area contributed by atoms with Crippen LogP contribution in [0.1, 0.15) is 18.4 Å². The minimum Gasteiger partial charge on any atom is -0.457 e. The number of carbonyl (C=O) groups is 1. The molecule has 2 aromatic carbocycles. The van der Waals surface area contributed by atoms with Crippen molar-refractivity contribution in [3.63, 3.8) is 0 Å². The van der Waals surface area contributed by atoms with Crippen LogP contribution >= 0.6 is 0 Å². The van der Waals surface area contributed by atoms with Crippen molar-refractivity contribution in [2.24, 2.45) is 0 Å². The second-order valence-corrected chi connectivity index (χ2v) is 6.18. The lowest BCUT2D eigenvalue weighted by Crippen LogP contribution is -2.44. The van der Waals surface area contributed by atoms with Crippen LogP contribution in [0.15, 0.2) is 54.6 Å². The molecule has 1 heterocycles. The highest BCUT2D eigenvalue weighted by atomic mass is 16.5. The van der Waals surface area contributed by atoms with E-state index in [4.69, 9.17) is 4.74 Å². The summed E-state index contributed by atoms with van der Waals surface area (Å²) in [6, 6.07) is 18.0. The summed E-state index contributed by atoms with van der Waals surface area (Å²) in [5, 5.41) is 3.29. The first-order valence-electron chi connectivity index (χ1n) is 8.51. The molecule has 0 spiro atoms. The van der Waals surface area contributed by atoms with Gasteiger partial charge in [-0.2, -0.15) is 0 Å². The molecule has 0 aromatic heterocycles. The number of amides is 1. The van der Waals surface area contributed by atoms with Crippen LogP contribution in [0, 0.1) is 0 Å². The summed E-state index contributed by atoms with van der Waals surface area (Å²) >= 11 is 0. The fourth-order valence-electron chi connectivity index (χ4n) is 3.05. The summed E-state index contributed by atoms with van der Waals surface area (Å²) < 4.78 is 5.84.